The molecule has 1 N–H and O–H groups in total. The summed E-state index contributed by atoms with van der Waals surface area (Å²) in [5, 5.41) is 2.91. The minimum absolute atomic E-state index is 0.0833. The molecule has 5 heteroatoms. The first-order valence-electron chi connectivity index (χ1n) is 7.47. The summed E-state index contributed by atoms with van der Waals surface area (Å²) in [4.78, 5) is 25.6. The molecule has 0 spiro atoms. The monoisotopic (exact) mass is 372 g/mol. The van der Waals surface area contributed by atoms with Gasteiger partial charge in [0, 0.05) is 35.7 Å². The molecule has 0 aliphatic carbocycles. The molecule has 1 heterocycles. The Morgan fingerprint density at radius 3 is 2.52 bits per heavy atom. The van der Waals surface area contributed by atoms with Crippen molar-refractivity contribution in [2.24, 2.45) is 0 Å². The van der Waals surface area contributed by atoms with E-state index in [9.17, 15) is 9.59 Å². The first kappa shape index (κ1) is 15.7. The first-order valence-corrected chi connectivity index (χ1v) is 8.26. The van der Waals surface area contributed by atoms with Crippen LogP contribution in [0.3, 0.4) is 0 Å². The summed E-state index contributed by atoms with van der Waals surface area (Å²) < 4.78 is 0.937. The fourth-order valence-electron chi connectivity index (χ4n) is 2.71. The van der Waals surface area contributed by atoms with E-state index in [1.54, 1.807) is 19.1 Å². The molecule has 2 amide bonds. The maximum Gasteiger partial charge on any atom is 0.255 e. The highest BCUT2D eigenvalue weighted by Gasteiger charge is 2.18. The van der Waals surface area contributed by atoms with E-state index in [0.29, 0.717) is 12.1 Å². The highest BCUT2D eigenvalue weighted by Crippen LogP contribution is 2.23. The van der Waals surface area contributed by atoms with Crippen molar-refractivity contribution in [3.63, 3.8) is 0 Å². The summed E-state index contributed by atoms with van der Waals surface area (Å²) in [6.45, 7) is 2.95. The van der Waals surface area contributed by atoms with Gasteiger partial charge in [0.15, 0.2) is 0 Å². The molecule has 23 heavy (non-hydrogen) atoms. The molecular formula is C18H17BrN2O2. The fraction of sp³-hybridized carbons (Fsp3) is 0.222. The lowest BCUT2D eigenvalue weighted by Gasteiger charge is -2.28. The zero-order valence-electron chi connectivity index (χ0n) is 12.8. The van der Waals surface area contributed by atoms with E-state index >= 15 is 0 Å². The van der Waals surface area contributed by atoms with Gasteiger partial charge in [0.2, 0.25) is 5.91 Å². The molecule has 0 saturated carbocycles. The van der Waals surface area contributed by atoms with Crippen LogP contribution in [0.1, 0.15) is 28.4 Å². The van der Waals surface area contributed by atoms with Gasteiger partial charge in [0.05, 0.1) is 0 Å². The second-order valence-corrected chi connectivity index (χ2v) is 6.55. The molecule has 0 saturated heterocycles. The molecule has 2 aromatic rings. The van der Waals surface area contributed by atoms with Gasteiger partial charge < -0.3 is 10.2 Å². The molecule has 1 aliphatic rings. The zero-order valence-corrected chi connectivity index (χ0v) is 14.4. The highest BCUT2D eigenvalue weighted by molar-refractivity contribution is 9.10. The van der Waals surface area contributed by atoms with Gasteiger partial charge in [0.1, 0.15) is 0 Å². The van der Waals surface area contributed by atoms with Crippen molar-refractivity contribution < 1.29 is 9.59 Å². The maximum absolute atomic E-state index is 12.3. The fourth-order valence-corrected chi connectivity index (χ4v) is 2.97. The van der Waals surface area contributed by atoms with Gasteiger partial charge in [0.25, 0.3) is 5.91 Å². The van der Waals surface area contributed by atoms with Crippen molar-refractivity contribution >= 4 is 33.4 Å². The molecule has 0 atom stereocenters. The third-order valence-electron chi connectivity index (χ3n) is 4.03. The topological polar surface area (TPSA) is 49.4 Å². The van der Waals surface area contributed by atoms with Crippen LogP contribution in [0.15, 0.2) is 46.9 Å². The zero-order chi connectivity index (χ0) is 16.4. The molecule has 0 aromatic heterocycles. The normalized spacial score (nSPS) is 13.4. The number of hydrogen-bond donors (Lipinski definition) is 1. The number of carbonyl (C=O) groups is 2. The molecule has 0 bridgehead atoms. The third kappa shape index (κ3) is 3.62. The van der Waals surface area contributed by atoms with Crippen LogP contribution in [0.4, 0.5) is 5.69 Å². The molecule has 0 unspecified atom stereocenters. The number of anilines is 1. The number of rotatable bonds is 2. The second kappa shape index (κ2) is 6.54. The van der Waals surface area contributed by atoms with Gasteiger partial charge in [-0.05, 0) is 53.9 Å². The summed E-state index contributed by atoms with van der Waals surface area (Å²) in [5.41, 5.74) is 3.70. The van der Waals surface area contributed by atoms with Crippen LogP contribution in [-0.4, -0.2) is 23.3 Å². The van der Waals surface area contributed by atoms with Gasteiger partial charge >= 0.3 is 0 Å². The van der Waals surface area contributed by atoms with Gasteiger partial charge in [-0.1, -0.05) is 22.0 Å². The van der Waals surface area contributed by atoms with Crippen LogP contribution >= 0.6 is 15.9 Å². The lowest BCUT2D eigenvalue weighted by molar-refractivity contribution is -0.129. The SMILES string of the molecule is CC(=O)N1CCc2ccc(NC(=O)c3ccc(Br)cc3)cc2C1. The summed E-state index contributed by atoms with van der Waals surface area (Å²) in [7, 11) is 0. The number of carbonyl (C=O) groups excluding carboxylic acids is 2. The molecule has 2 aromatic carbocycles. The molecule has 4 nitrogen and oxygen atoms in total. The number of amides is 2. The Kier molecular flexibility index (Phi) is 4.48. The Labute approximate surface area is 143 Å². The van der Waals surface area contributed by atoms with E-state index in [1.807, 2.05) is 35.2 Å². The number of nitrogens with zero attached hydrogens (tertiary/aromatic N) is 1. The van der Waals surface area contributed by atoms with Crippen LogP contribution in [0, 0.1) is 0 Å². The lowest BCUT2D eigenvalue weighted by atomic mass is 9.99. The van der Waals surface area contributed by atoms with Crippen LogP contribution < -0.4 is 5.32 Å². The number of nitrogens with one attached hydrogen (secondary N) is 1. The van der Waals surface area contributed by atoms with E-state index in [1.165, 1.54) is 5.56 Å². The maximum atomic E-state index is 12.3. The molecule has 0 fully saturated rings. The molecule has 3 rings (SSSR count). The highest BCUT2D eigenvalue weighted by atomic mass is 79.9. The number of fused-ring (bicyclic) bond motifs is 1. The summed E-state index contributed by atoms with van der Waals surface area (Å²) in [5.74, 6) is -0.0587. The Morgan fingerprint density at radius 2 is 1.83 bits per heavy atom. The Morgan fingerprint density at radius 1 is 1.09 bits per heavy atom. The van der Waals surface area contributed by atoms with Gasteiger partial charge in [-0.2, -0.15) is 0 Å². The summed E-state index contributed by atoms with van der Waals surface area (Å²) >= 11 is 3.36. The molecule has 118 valence electrons. The van der Waals surface area contributed by atoms with Crippen molar-refractivity contribution in [1.29, 1.82) is 0 Å². The lowest BCUT2D eigenvalue weighted by Crippen LogP contribution is -2.34. The van der Waals surface area contributed by atoms with E-state index in [0.717, 1.165) is 28.7 Å². The van der Waals surface area contributed by atoms with Gasteiger partial charge in [-0.25, -0.2) is 0 Å². The minimum atomic E-state index is -0.142. The average Bonchev–Trinajstić information content (AvgIpc) is 2.54. The Hall–Kier alpha value is -2.14. The predicted octanol–water partition coefficient (Wildman–Crippen LogP) is 3.61. The van der Waals surface area contributed by atoms with Crippen LogP contribution in [0.5, 0.6) is 0 Å². The van der Waals surface area contributed by atoms with Crippen LogP contribution in [0.2, 0.25) is 0 Å². The van der Waals surface area contributed by atoms with Crippen molar-refractivity contribution in [3.05, 3.63) is 63.6 Å². The second-order valence-electron chi connectivity index (χ2n) is 5.64. The minimum Gasteiger partial charge on any atom is -0.338 e. The number of halogens is 1. The van der Waals surface area contributed by atoms with Crippen molar-refractivity contribution in [2.75, 3.05) is 11.9 Å². The Bertz CT molecular complexity index is 756. The van der Waals surface area contributed by atoms with Gasteiger partial charge in [-0.3, -0.25) is 9.59 Å². The molecular weight excluding hydrogens is 356 g/mol. The van der Waals surface area contributed by atoms with E-state index in [4.69, 9.17) is 0 Å². The summed E-state index contributed by atoms with van der Waals surface area (Å²) in [6, 6.07) is 13.1. The average molecular weight is 373 g/mol. The van der Waals surface area contributed by atoms with E-state index in [-0.39, 0.29) is 11.8 Å². The third-order valence-corrected chi connectivity index (χ3v) is 4.56. The van der Waals surface area contributed by atoms with Crippen molar-refractivity contribution in [1.82, 2.24) is 4.90 Å². The van der Waals surface area contributed by atoms with Crippen molar-refractivity contribution in [2.45, 2.75) is 19.9 Å². The first-order chi connectivity index (χ1) is 11.0. The van der Waals surface area contributed by atoms with Crippen LogP contribution in [0.25, 0.3) is 0 Å². The predicted molar refractivity (Wildman–Crippen MR) is 93.3 cm³/mol. The van der Waals surface area contributed by atoms with Gasteiger partial charge in [-0.15, -0.1) is 0 Å². The standard InChI is InChI=1S/C18H17BrN2O2/c1-12(22)21-9-8-13-4-7-17(10-15(13)11-21)20-18(23)14-2-5-16(19)6-3-14/h2-7,10H,8-9,11H2,1H3,(H,20,23). The quantitative estimate of drug-likeness (QED) is 0.875. The molecule has 0 radical (unpaired) electrons. The number of benzene rings is 2. The smallest absolute Gasteiger partial charge is 0.255 e. The van der Waals surface area contributed by atoms with E-state index in [2.05, 4.69) is 21.2 Å². The number of hydrogen-bond acceptors (Lipinski definition) is 2. The van der Waals surface area contributed by atoms with Crippen molar-refractivity contribution in [3.8, 4) is 0 Å². The van der Waals surface area contributed by atoms with Crippen LogP contribution in [-0.2, 0) is 17.8 Å². The molecule has 1 aliphatic heterocycles. The van der Waals surface area contributed by atoms with E-state index < -0.39 is 0 Å². The Balaban J connectivity index is 1.77. The largest absolute Gasteiger partial charge is 0.338 e. The summed E-state index contributed by atoms with van der Waals surface area (Å²) in [6.07, 6.45) is 0.857.